The molecule has 0 spiro atoms. The molecule has 1 saturated heterocycles. The molecule has 0 bridgehead atoms. The number of nitrogen functional groups attached to an aromatic ring is 1. The van der Waals surface area contributed by atoms with Crippen LogP contribution in [0, 0.1) is 5.82 Å². The summed E-state index contributed by atoms with van der Waals surface area (Å²) >= 11 is 1.40. The molecule has 1 aliphatic rings. The summed E-state index contributed by atoms with van der Waals surface area (Å²) in [4.78, 5) is 12.5. The van der Waals surface area contributed by atoms with E-state index in [-0.39, 0.29) is 16.8 Å². The van der Waals surface area contributed by atoms with Gasteiger partial charge in [-0.15, -0.1) is 11.8 Å². The van der Waals surface area contributed by atoms with E-state index in [1.165, 1.54) is 23.9 Å². The van der Waals surface area contributed by atoms with Crippen LogP contribution in [0.1, 0.15) is 19.3 Å². The predicted molar refractivity (Wildman–Crippen MR) is 67.3 cm³/mol. The SMILES string of the molecule is Nc1ccc(SC2CCCCNC2=O)cc1F. The molecule has 5 heteroatoms. The number of thioether (sulfide) groups is 1. The number of halogens is 1. The van der Waals surface area contributed by atoms with Crippen LogP contribution in [0.4, 0.5) is 10.1 Å². The summed E-state index contributed by atoms with van der Waals surface area (Å²) in [5, 5.41) is 2.74. The number of hydrogen-bond acceptors (Lipinski definition) is 3. The Morgan fingerprint density at radius 1 is 1.41 bits per heavy atom. The molecule has 1 aliphatic heterocycles. The first-order valence-corrected chi connectivity index (χ1v) is 6.54. The number of nitrogens with one attached hydrogen (secondary N) is 1. The largest absolute Gasteiger partial charge is 0.396 e. The zero-order chi connectivity index (χ0) is 12.3. The van der Waals surface area contributed by atoms with Gasteiger partial charge in [-0.2, -0.15) is 0 Å². The van der Waals surface area contributed by atoms with Crippen molar-refractivity contribution < 1.29 is 9.18 Å². The molecule has 1 heterocycles. The van der Waals surface area contributed by atoms with Crippen LogP contribution in [0.2, 0.25) is 0 Å². The van der Waals surface area contributed by atoms with Gasteiger partial charge in [-0.25, -0.2) is 4.39 Å². The van der Waals surface area contributed by atoms with Crippen molar-refractivity contribution in [3.05, 3.63) is 24.0 Å². The number of carbonyl (C=O) groups is 1. The molecule has 1 aromatic rings. The van der Waals surface area contributed by atoms with Crippen molar-refractivity contribution in [2.45, 2.75) is 29.4 Å². The van der Waals surface area contributed by atoms with E-state index in [4.69, 9.17) is 5.73 Å². The molecule has 3 N–H and O–H groups in total. The average molecular weight is 254 g/mol. The highest BCUT2D eigenvalue weighted by Gasteiger charge is 2.21. The second-order valence-corrected chi connectivity index (χ2v) is 5.35. The molecule has 1 aromatic carbocycles. The Labute approximate surface area is 104 Å². The summed E-state index contributed by atoms with van der Waals surface area (Å²) in [6.45, 7) is 0.742. The second-order valence-electron chi connectivity index (χ2n) is 4.08. The van der Waals surface area contributed by atoms with E-state index in [0.29, 0.717) is 0 Å². The topological polar surface area (TPSA) is 55.1 Å². The van der Waals surface area contributed by atoms with Crippen molar-refractivity contribution in [2.75, 3.05) is 12.3 Å². The molecule has 1 unspecified atom stereocenters. The van der Waals surface area contributed by atoms with E-state index in [1.807, 2.05) is 0 Å². The number of amides is 1. The Morgan fingerprint density at radius 3 is 3.00 bits per heavy atom. The van der Waals surface area contributed by atoms with E-state index in [2.05, 4.69) is 5.32 Å². The lowest BCUT2D eigenvalue weighted by Gasteiger charge is -2.12. The number of nitrogens with two attached hydrogens (primary N) is 1. The molecule has 0 saturated carbocycles. The van der Waals surface area contributed by atoms with Gasteiger partial charge in [0.05, 0.1) is 10.9 Å². The van der Waals surface area contributed by atoms with Crippen molar-refractivity contribution >= 4 is 23.4 Å². The standard InChI is InChI=1S/C12H15FN2OS/c13-9-7-8(4-5-10(9)14)17-11-3-1-2-6-15-12(11)16/h4-5,7,11H,1-3,6,14H2,(H,15,16). The van der Waals surface area contributed by atoms with Crippen LogP contribution in [0.5, 0.6) is 0 Å². The maximum absolute atomic E-state index is 13.3. The zero-order valence-electron chi connectivity index (χ0n) is 9.41. The van der Waals surface area contributed by atoms with Crippen molar-refractivity contribution in [1.82, 2.24) is 5.32 Å². The lowest BCUT2D eigenvalue weighted by Crippen LogP contribution is -2.30. The van der Waals surface area contributed by atoms with Gasteiger partial charge in [-0.3, -0.25) is 4.79 Å². The van der Waals surface area contributed by atoms with Crippen LogP contribution < -0.4 is 11.1 Å². The van der Waals surface area contributed by atoms with Crippen LogP contribution in [0.25, 0.3) is 0 Å². The second kappa shape index (κ2) is 5.40. The lowest BCUT2D eigenvalue weighted by atomic mass is 10.2. The average Bonchev–Trinajstić information content (AvgIpc) is 2.50. The highest BCUT2D eigenvalue weighted by Crippen LogP contribution is 2.29. The van der Waals surface area contributed by atoms with Crippen LogP contribution in [-0.4, -0.2) is 17.7 Å². The predicted octanol–water partition coefficient (Wildman–Crippen LogP) is 2.17. The maximum Gasteiger partial charge on any atom is 0.233 e. The molecule has 0 radical (unpaired) electrons. The Balaban J connectivity index is 2.08. The van der Waals surface area contributed by atoms with Gasteiger partial charge in [-0.05, 0) is 31.0 Å². The summed E-state index contributed by atoms with van der Waals surface area (Å²) in [6, 6.07) is 4.67. The number of benzene rings is 1. The van der Waals surface area contributed by atoms with Gasteiger partial charge in [0.2, 0.25) is 5.91 Å². The number of anilines is 1. The van der Waals surface area contributed by atoms with Gasteiger partial charge in [-0.1, -0.05) is 6.42 Å². The number of rotatable bonds is 2. The van der Waals surface area contributed by atoms with E-state index < -0.39 is 5.82 Å². The van der Waals surface area contributed by atoms with Crippen molar-refractivity contribution in [1.29, 1.82) is 0 Å². The fraction of sp³-hybridized carbons (Fsp3) is 0.417. The number of carbonyl (C=O) groups excluding carboxylic acids is 1. The Morgan fingerprint density at radius 2 is 2.24 bits per heavy atom. The molecule has 1 fully saturated rings. The number of hydrogen-bond donors (Lipinski definition) is 2. The smallest absolute Gasteiger partial charge is 0.233 e. The highest BCUT2D eigenvalue weighted by molar-refractivity contribution is 8.00. The van der Waals surface area contributed by atoms with Gasteiger partial charge in [0.1, 0.15) is 5.82 Å². The summed E-state index contributed by atoms with van der Waals surface area (Å²) in [5.74, 6) is -0.381. The molecule has 1 atom stereocenters. The minimum atomic E-state index is -0.427. The van der Waals surface area contributed by atoms with Crippen molar-refractivity contribution in [3.63, 3.8) is 0 Å². The van der Waals surface area contributed by atoms with E-state index in [9.17, 15) is 9.18 Å². The highest BCUT2D eigenvalue weighted by atomic mass is 32.2. The Kier molecular flexibility index (Phi) is 3.89. The molecular formula is C12H15FN2OS. The first kappa shape index (κ1) is 12.2. The van der Waals surface area contributed by atoms with Crippen molar-refractivity contribution in [2.24, 2.45) is 0 Å². The van der Waals surface area contributed by atoms with E-state index >= 15 is 0 Å². The lowest BCUT2D eigenvalue weighted by molar-refractivity contribution is -0.120. The van der Waals surface area contributed by atoms with E-state index in [0.717, 1.165) is 30.7 Å². The van der Waals surface area contributed by atoms with Crippen LogP contribution in [0.15, 0.2) is 23.1 Å². The molecule has 2 rings (SSSR count). The molecule has 1 amide bonds. The van der Waals surface area contributed by atoms with Crippen LogP contribution in [-0.2, 0) is 4.79 Å². The zero-order valence-corrected chi connectivity index (χ0v) is 10.2. The molecule has 0 aromatic heterocycles. The Bertz CT molecular complexity index is 425. The van der Waals surface area contributed by atoms with Crippen molar-refractivity contribution in [3.8, 4) is 0 Å². The maximum atomic E-state index is 13.3. The fourth-order valence-corrected chi connectivity index (χ4v) is 2.89. The van der Waals surface area contributed by atoms with Gasteiger partial charge in [0, 0.05) is 11.4 Å². The Hall–Kier alpha value is -1.23. The quantitative estimate of drug-likeness (QED) is 0.795. The first-order valence-electron chi connectivity index (χ1n) is 5.66. The monoisotopic (exact) mass is 254 g/mol. The van der Waals surface area contributed by atoms with Gasteiger partial charge in [0.25, 0.3) is 0 Å². The molecular weight excluding hydrogens is 239 g/mol. The molecule has 3 nitrogen and oxygen atoms in total. The van der Waals surface area contributed by atoms with Gasteiger partial charge >= 0.3 is 0 Å². The van der Waals surface area contributed by atoms with Crippen LogP contribution in [0.3, 0.4) is 0 Å². The minimum absolute atomic E-state index is 0.0460. The normalized spacial score (nSPS) is 20.8. The summed E-state index contributed by atoms with van der Waals surface area (Å²) in [5.41, 5.74) is 5.55. The third-order valence-electron chi connectivity index (χ3n) is 2.74. The molecule has 17 heavy (non-hydrogen) atoms. The van der Waals surface area contributed by atoms with Gasteiger partial charge in [0.15, 0.2) is 0 Å². The summed E-state index contributed by atoms with van der Waals surface area (Å²) in [7, 11) is 0. The summed E-state index contributed by atoms with van der Waals surface area (Å²) < 4.78 is 13.3. The summed E-state index contributed by atoms with van der Waals surface area (Å²) in [6.07, 6.45) is 2.87. The fourth-order valence-electron chi connectivity index (χ4n) is 1.77. The van der Waals surface area contributed by atoms with Crippen LogP contribution >= 0.6 is 11.8 Å². The molecule has 0 aliphatic carbocycles. The van der Waals surface area contributed by atoms with E-state index in [1.54, 1.807) is 6.07 Å². The van der Waals surface area contributed by atoms with Gasteiger partial charge < -0.3 is 11.1 Å². The molecule has 92 valence electrons. The minimum Gasteiger partial charge on any atom is -0.396 e. The third kappa shape index (κ3) is 3.12. The first-order chi connectivity index (χ1) is 8.16. The third-order valence-corrected chi connectivity index (χ3v) is 4.00.